The highest BCUT2D eigenvalue weighted by molar-refractivity contribution is 5.44. The van der Waals surface area contributed by atoms with Crippen LogP contribution in [0.3, 0.4) is 0 Å². The molecule has 0 atom stereocenters. The van der Waals surface area contributed by atoms with Crippen LogP contribution in [0.4, 0.5) is 0 Å². The predicted molar refractivity (Wildman–Crippen MR) is 62.2 cm³/mol. The molecule has 0 amide bonds. The number of fused-ring (bicyclic) bond motifs is 1. The van der Waals surface area contributed by atoms with Gasteiger partial charge in [-0.15, -0.1) is 0 Å². The van der Waals surface area contributed by atoms with Crippen LogP contribution in [-0.2, 0) is 13.0 Å². The van der Waals surface area contributed by atoms with E-state index in [4.69, 9.17) is 0 Å². The fourth-order valence-corrected chi connectivity index (χ4v) is 2.33. The molecule has 0 bridgehead atoms. The molecule has 82 valence electrons. The van der Waals surface area contributed by atoms with Crippen molar-refractivity contribution in [3.63, 3.8) is 0 Å². The van der Waals surface area contributed by atoms with Gasteiger partial charge in [0.1, 0.15) is 5.75 Å². The molecule has 0 unspecified atom stereocenters. The average Bonchev–Trinajstić information content (AvgIpc) is 2.17. The Hall–Kier alpha value is -1.02. The maximum absolute atomic E-state index is 9.67. The third kappa shape index (κ3) is 2.00. The third-order valence-corrected chi connectivity index (χ3v) is 3.17. The molecule has 1 aliphatic heterocycles. The van der Waals surface area contributed by atoms with Crippen molar-refractivity contribution >= 4 is 0 Å². The largest absolute Gasteiger partial charge is 0.508 e. The molecule has 2 heteroatoms. The molecule has 0 spiro atoms. The number of rotatable bonds is 1. The number of hydrogen-bond donors (Lipinski definition) is 1. The fourth-order valence-electron chi connectivity index (χ4n) is 2.33. The molecule has 1 N–H and O–H groups in total. The zero-order valence-electron chi connectivity index (χ0n) is 9.75. The van der Waals surface area contributed by atoms with Crippen molar-refractivity contribution in [1.82, 2.24) is 4.90 Å². The maximum atomic E-state index is 9.67. The van der Waals surface area contributed by atoms with Gasteiger partial charge in [0.25, 0.3) is 0 Å². The van der Waals surface area contributed by atoms with Crippen molar-refractivity contribution in [3.05, 3.63) is 28.8 Å². The maximum Gasteiger partial charge on any atom is 0.116 e. The lowest BCUT2D eigenvalue weighted by molar-refractivity contribution is 0.310. The zero-order chi connectivity index (χ0) is 11.0. The first-order chi connectivity index (χ1) is 7.08. The van der Waals surface area contributed by atoms with E-state index in [-0.39, 0.29) is 0 Å². The van der Waals surface area contributed by atoms with E-state index < -0.39 is 0 Å². The lowest BCUT2D eigenvalue weighted by atomic mass is 9.89. The minimum atomic E-state index is 0.419. The van der Waals surface area contributed by atoms with Crippen LogP contribution in [0.2, 0.25) is 0 Å². The van der Waals surface area contributed by atoms with E-state index in [9.17, 15) is 5.11 Å². The van der Waals surface area contributed by atoms with Crippen molar-refractivity contribution in [2.24, 2.45) is 0 Å². The van der Waals surface area contributed by atoms with Gasteiger partial charge >= 0.3 is 0 Å². The summed E-state index contributed by atoms with van der Waals surface area (Å²) >= 11 is 0. The van der Waals surface area contributed by atoms with Gasteiger partial charge in [0.05, 0.1) is 0 Å². The Labute approximate surface area is 91.5 Å². The highest BCUT2D eigenvalue weighted by Crippen LogP contribution is 2.31. The van der Waals surface area contributed by atoms with Gasteiger partial charge in [0, 0.05) is 13.1 Å². The van der Waals surface area contributed by atoms with E-state index in [0.717, 1.165) is 19.5 Å². The standard InChI is InChI=1S/C13H19NO/c1-9(2)12-7-11(15)6-10-4-5-14(3)8-13(10)12/h6-7,9,15H,4-5,8H2,1-3H3. The smallest absolute Gasteiger partial charge is 0.116 e. The van der Waals surface area contributed by atoms with Gasteiger partial charge < -0.3 is 10.0 Å². The van der Waals surface area contributed by atoms with Crippen molar-refractivity contribution in [2.45, 2.75) is 32.7 Å². The molecule has 1 aromatic rings. The quantitative estimate of drug-likeness (QED) is 0.761. The first-order valence-electron chi connectivity index (χ1n) is 5.61. The first kappa shape index (κ1) is 10.5. The summed E-state index contributed by atoms with van der Waals surface area (Å²) in [5.41, 5.74) is 4.06. The summed E-state index contributed by atoms with van der Waals surface area (Å²) in [6.45, 7) is 6.48. The SMILES string of the molecule is CC(C)c1cc(O)cc2c1CN(C)CC2. The Balaban J connectivity index is 2.50. The molecule has 0 aliphatic carbocycles. The molecule has 2 nitrogen and oxygen atoms in total. The summed E-state index contributed by atoms with van der Waals surface area (Å²) in [7, 11) is 2.15. The molecule has 15 heavy (non-hydrogen) atoms. The normalized spacial score (nSPS) is 16.8. The van der Waals surface area contributed by atoms with Crippen LogP contribution < -0.4 is 0 Å². The van der Waals surface area contributed by atoms with Crippen LogP contribution in [0.25, 0.3) is 0 Å². The van der Waals surface area contributed by atoms with E-state index >= 15 is 0 Å². The number of likely N-dealkylation sites (N-methyl/N-ethyl adjacent to an activating group) is 1. The molecule has 0 saturated carbocycles. The van der Waals surface area contributed by atoms with Gasteiger partial charge in [0.2, 0.25) is 0 Å². The molecule has 0 fully saturated rings. The summed E-state index contributed by atoms with van der Waals surface area (Å²) in [5, 5.41) is 9.67. The van der Waals surface area contributed by atoms with Crippen LogP contribution in [0.5, 0.6) is 5.75 Å². The average molecular weight is 205 g/mol. The fraction of sp³-hybridized carbons (Fsp3) is 0.538. The topological polar surface area (TPSA) is 23.5 Å². The Morgan fingerprint density at radius 1 is 1.33 bits per heavy atom. The van der Waals surface area contributed by atoms with Crippen LogP contribution in [0, 0.1) is 0 Å². The highest BCUT2D eigenvalue weighted by atomic mass is 16.3. The summed E-state index contributed by atoms with van der Waals surface area (Å²) in [4.78, 5) is 2.34. The number of aromatic hydroxyl groups is 1. The molecular formula is C13H19NO. The summed E-state index contributed by atoms with van der Waals surface area (Å²) in [5.74, 6) is 0.902. The van der Waals surface area contributed by atoms with E-state index in [0.29, 0.717) is 11.7 Å². The summed E-state index contributed by atoms with van der Waals surface area (Å²) in [6.07, 6.45) is 1.06. The molecule has 0 radical (unpaired) electrons. The summed E-state index contributed by atoms with van der Waals surface area (Å²) < 4.78 is 0. The first-order valence-corrected chi connectivity index (χ1v) is 5.61. The lowest BCUT2D eigenvalue weighted by Crippen LogP contribution is -2.27. The van der Waals surface area contributed by atoms with Crippen molar-refractivity contribution in [2.75, 3.05) is 13.6 Å². The summed E-state index contributed by atoms with van der Waals surface area (Å²) in [6, 6.07) is 3.84. The Bertz CT molecular complexity index is 371. The monoisotopic (exact) mass is 205 g/mol. The number of hydrogen-bond acceptors (Lipinski definition) is 2. The van der Waals surface area contributed by atoms with Gasteiger partial charge in [-0.1, -0.05) is 13.8 Å². The van der Waals surface area contributed by atoms with Gasteiger partial charge in [-0.2, -0.15) is 0 Å². The molecule has 0 aromatic heterocycles. The third-order valence-electron chi connectivity index (χ3n) is 3.17. The Kier molecular flexibility index (Phi) is 2.70. The van der Waals surface area contributed by atoms with Crippen molar-refractivity contribution in [3.8, 4) is 5.75 Å². The van der Waals surface area contributed by atoms with E-state index in [1.807, 2.05) is 12.1 Å². The minimum absolute atomic E-state index is 0.419. The second kappa shape index (κ2) is 3.86. The van der Waals surface area contributed by atoms with Crippen molar-refractivity contribution < 1.29 is 5.11 Å². The number of phenolic OH excluding ortho intramolecular Hbond substituents is 1. The second-order valence-electron chi connectivity index (χ2n) is 4.82. The second-order valence-corrected chi connectivity index (χ2v) is 4.82. The highest BCUT2D eigenvalue weighted by Gasteiger charge is 2.18. The van der Waals surface area contributed by atoms with Gasteiger partial charge in [-0.3, -0.25) is 0 Å². The Morgan fingerprint density at radius 3 is 2.73 bits per heavy atom. The van der Waals surface area contributed by atoms with Gasteiger partial charge in [-0.05, 0) is 48.2 Å². The van der Waals surface area contributed by atoms with E-state index in [2.05, 4.69) is 25.8 Å². The molecule has 1 aromatic carbocycles. The van der Waals surface area contributed by atoms with E-state index in [1.54, 1.807) is 0 Å². The molecular weight excluding hydrogens is 186 g/mol. The van der Waals surface area contributed by atoms with Crippen LogP contribution >= 0.6 is 0 Å². The molecule has 2 rings (SSSR count). The van der Waals surface area contributed by atoms with Crippen LogP contribution in [0.15, 0.2) is 12.1 Å². The molecule has 1 aliphatic rings. The molecule has 0 saturated heterocycles. The Morgan fingerprint density at radius 2 is 2.07 bits per heavy atom. The number of nitrogens with zero attached hydrogens (tertiary/aromatic N) is 1. The number of benzene rings is 1. The van der Waals surface area contributed by atoms with Gasteiger partial charge in [-0.25, -0.2) is 0 Å². The molecule has 1 heterocycles. The zero-order valence-corrected chi connectivity index (χ0v) is 9.75. The van der Waals surface area contributed by atoms with Crippen LogP contribution in [-0.4, -0.2) is 23.6 Å². The van der Waals surface area contributed by atoms with Crippen LogP contribution in [0.1, 0.15) is 36.5 Å². The lowest BCUT2D eigenvalue weighted by Gasteiger charge is -2.28. The number of phenols is 1. The van der Waals surface area contributed by atoms with E-state index in [1.165, 1.54) is 16.7 Å². The van der Waals surface area contributed by atoms with Crippen molar-refractivity contribution in [1.29, 1.82) is 0 Å². The van der Waals surface area contributed by atoms with Gasteiger partial charge in [0.15, 0.2) is 0 Å². The predicted octanol–water partition coefficient (Wildman–Crippen LogP) is 2.50. The minimum Gasteiger partial charge on any atom is -0.508 e.